The normalized spacial score (nSPS) is 13.6. The lowest BCUT2D eigenvalue weighted by Gasteiger charge is -2.23. The summed E-state index contributed by atoms with van der Waals surface area (Å²) >= 11 is 0. The fourth-order valence-electron chi connectivity index (χ4n) is 13.4. The standard InChI is InChI=1S/C25H30N4O4.C24H29N3O4.C21H22N2O4.C18H19N3O4/c1-5-31-20-11-10-16(12-21(20)32-6-2)24-28-23(29-33-24)18-8-7-9-19-22(18)17(13-26-19)14-27-25(3,4)15-30;1-4-29-21-12-9-16(13-22(21)30-5-2)24-26-23(27-31-24)19-8-6-7-18-17(19)10-11-20(18)25-15(3)14-28;1-3-25-18-11-8-13(12-19(18)26-4-2)21-22-20(23-27-21)16-7-5-6-15-14(16)9-10-17(15)24;1-3-23-15-8-6-12(9-16(15)24-4-2)18-20-17(21-25-18)13-5-7-14(11-22)19-10-13/h7-13,26-27,30H,5-6,14-15H2,1-4H3;6-9,12-13,15,20,25,28H,4-5,10-11,14H2,1-3H3;5-8,11-12,17,24H,3-4,9-10H2,1-2H3;5-10,22H,3-4,11H2,1-2H3. The molecule has 2 aliphatic rings. The molecule has 13 aromatic rings. The molecule has 2 aliphatic carbocycles. The number of hydrogen-bond donors (Lipinski definition) is 7. The van der Waals surface area contributed by atoms with Gasteiger partial charge in [0, 0.05) is 92.0 Å². The van der Waals surface area contributed by atoms with E-state index >= 15 is 0 Å². The first-order chi connectivity index (χ1) is 56.5. The lowest BCUT2D eigenvalue weighted by atomic mass is 10.0. The summed E-state index contributed by atoms with van der Waals surface area (Å²) in [6, 6.07) is 44.1. The number of aromatic nitrogens is 10. The number of hydrogen-bond acceptors (Lipinski definition) is 27. The molecule has 116 heavy (non-hydrogen) atoms. The van der Waals surface area contributed by atoms with Crippen molar-refractivity contribution in [2.45, 2.75) is 139 Å². The van der Waals surface area contributed by atoms with E-state index in [9.17, 15) is 15.3 Å². The number of nitrogens with zero attached hydrogens (tertiary/aromatic N) is 9. The predicted octanol–water partition coefficient (Wildman–Crippen LogP) is 16.0. The van der Waals surface area contributed by atoms with E-state index in [2.05, 4.69) is 67.2 Å². The quantitative estimate of drug-likeness (QED) is 0.0206. The maximum Gasteiger partial charge on any atom is 0.258 e. The summed E-state index contributed by atoms with van der Waals surface area (Å²) in [5.41, 5.74) is 13.3. The lowest BCUT2D eigenvalue weighted by molar-refractivity contribution is 0.180. The Morgan fingerprint density at radius 2 is 0.862 bits per heavy atom. The first kappa shape index (κ1) is 83.4. The van der Waals surface area contributed by atoms with Gasteiger partial charge in [0.15, 0.2) is 46.0 Å². The van der Waals surface area contributed by atoms with Gasteiger partial charge in [0.2, 0.25) is 23.3 Å². The van der Waals surface area contributed by atoms with Gasteiger partial charge in [-0.2, -0.15) is 19.9 Å². The number of aliphatic hydroxyl groups is 4. The topological polar surface area (TPSA) is 363 Å². The minimum absolute atomic E-state index is 0.0439. The Balaban J connectivity index is 0.000000143. The Kier molecular flexibility index (Phi) is 28.6. The number of ether oxygens (including phenoxy) is 8. The molecule has 6 aromatic heterocycles. The van der Waals surface area contributed by atoms with Gasteiger partial charge >= 0.3 is 0 Å². The van der Waals surface area contributed by atoms with Gasteiger partial charge in [-0.25, -0.2) is 0 Å². The Labute approximate surface area is 672 Å². The van der Waals surface area contributed by atoms with E-state index in [1.165, 1.54) is 11.1 Å². The fourth-order valence-corrected chi connectivity index (χ4v) is 13.4. The van der Waals surface area contributed by atoms with Crippen molar-refractivity contribution in [3.63, 3.8) is 0 Å². The highest BCUT2D eigenvalue weighted by Gasteiger charge is 2.30. The van der Waals surface area contributed by atoms with E-state index in [1.807, 2.05) is 204 Å². The average Bonchev–Trinajstić information content (AvgIpc) is 1.65. The minimum atomic E-state index is -0.411. The number of nitrogens with one attached hydrogen (secondary N) is 3. The summed E-state index contributed by atoms with van der Waals surface area (Å²) in [6.45, 7) is 26.4. The molecule has 28 nitrogen and oxygen atoms in total. The first-order valence-corrected chi connectivity index (χ1v) is 39.3. The molecule has 0 bridgehead atoms. The molecule has 608 valence electrons. The van der Waals surface area contributed by atoms with Crippen molar-refractivity contribution in [3.05, 3.63) is 185 Å². The molecule has 7 N–H and O–H groups in total. The van der Waals surface area contributed by atoms with Gasteiger partial charge in [-0.05, 0) is 221 Å². The van der Waals surface area contributed by atoms with Crippen molar-refractivity contribution >= 4 is 10.9 Å². The van der Waals surface area contributed by atoms with Crippen molar-refractivity contribution in [1.82, 2.24) is 61.2 Å². The summed E-state index contributed by atoms with van der Waals surface area (Å²) in [6.07, 6.45) is 6.62. The van der Waals surface area contributed by atoms with Crippen LogP contribution in [0.25, 0.3) is 102 Å². The van der Waals surface area contributed by atoms with Gasteiger partial charge in [-0.15, -0.1) is 0 Å². The van der Waals surface area contributed by atoms with Crippen LogP contribution in [-0.4, -0.2) is 149 Å². The number of rotatable bonds is 32. The number of aliphatic hydroxyl groups excluding tert-OH is 4. The largest absolute Gasteiger partial charge is 0.490 e. The Hall–Kier alpha value is -12.1. The van der Waals surface area contributed by atoms with Crippen LogP contribution in [0.5, 0.6) is 46.0 Å². The van der Waals surface area contributed by atoms with Crippen molar-refractivity contribution < 1.29 is 76.4 Å². The van der Waals surface area contributed by atoms with Crippen LogP contribution < -0.4 is 48.5 Å². The van der Waals surface area contributed by atoms with Crippen LogP contribution in [0.2, 0.25) is 0 Å². The van der Waals surface area contributed by atoms with E-state index in [0.29, 0.717) is 164 Å². The Bertz CT molecular complexity index is 5350. The van der Waals surface area contributed by atoms with Crippen molar-refractivity contribution in [2.24, 2.45) is 0 Å². The summed E-state index contributed by atoms with van der Waals surface area (Å²) in [7, 11) is 0. The maximum atomic E-state index is 10.1. The molecule has 0 aliphatic heterocycles. The van der Waals surface area contributed by atoms with Crippen LogP contribution in [-0.2, 0) is 26.0 Å². The van der Waals surface area contributed by atoms with Gasteiger partial charge in [-0.1, -0.05) is 69.2 Å². The highest BCUT2D eigenvalue weighted by atomic mass is 16.5. The number of H-pyrrole nitrogens is 1. The summed E-state index contributed by atoms with van der Waals surface area (Å²) in [5.74, 6) is 9.04. The fraction of sp³-hybridized carbons (Fsp3) is 0.352. The third-order valence-electron chi connectivity index (χ3n) is 19.0. The molecule has 0 spiro atoms. The van der Waals surface area contributed by atoms with Crippen LogP contribution in [0, 0.1) is 0 Å². The minimum Gasteiger partial charge on any atom is -0.490 e. The number of fused-ring (bicyclic) bond motifs is 3. The maximum absolute atomic E-state index is 10.1. The Morgan fingerprint density at radius 3 is 1.29 bits per heavy atom. The smallest absolute Gasteiger partial charge is 0.258 e. The molecule has 15 rings (SSSR count). The van der Waals surface area contributed by atoms with Crippen molar-refractivity contribution in [2.75, 3.05) is 66.1 Å². The van der Waals surface area contributed by atoms with Crippen LogP contribution in [0.1, 0.15) is 135 Å². The summed E-state index contributed by atoms with van der Waals surface area (Å²) < 4.78 is 67.3. The molecule has 0 saturated heterocycles. The van der Waals surface area contributed by atoms with Crippen LogP contribution in [0.3, 0.4) is 0 Å². The van der Waals surface area contributed by atoms with Crippen LogP contribution in [0.4, 0.5) is 0 Å². The van der Waals surface area contributed by atoms with Crippen molar-refractivity contribution in [1.29, 1.82) is 0 Å². The van der Waals surface area contributed by atoms with Gasteiger partial charge < -0.3 is 92.0 Å². The molecule has 3 atom stereocenters. The van der Waals surface area contributed by atoms with Gasteiger partial charge in [-0.3, -0.25) is 4.98 Å². The zero-order valence-corrected chi connectivity index (χ0v) is 67.2. The second-order valence-corrected chi connectivity index (χ2v) is 27.6. The molecular weight excluding hydrogens is 1480 g/mol. The second-order valence-electron chi connectivity index (χ2n) is 27.6. The third-order valence-corrected chi connectivity index (χ3v) is 19.0. The highest BCUT2D eigenvalue weighted by molar-refractivity contribution is 5.96. The molecular formula is C88H100N12O16. The Morgan fingerprint density at radius 1 is 0.466 bits per heavy atom. The highest BCUT2D eigenvalue weighted by Crippen LogP contribution is 2.43. The zero-order chi connectivity index (χ0) is 81.7. The van der Waals surface area contributed by atoms with E-state index in [1.54, 1.807) is 18.3 Å². The molecule has 28 heteroatoms. The zero-order valence-electron chi connectivity index (χ0n) is 67.2. The first-order valence-electron chi connectivity index (χ1n) is 39.3. The summed E-state index contributed by atoms with van der Waals surface area (Å²) in [5, 5.41) is 62.6. The molecule has 0 saturated carbocycles. The molecule has 3 unspecified atom stereocenters. The third kappa shape index (κ3) is 20.0. The number of pyridine rings is 1. The van der Waals surface area contributed by atoms with Crippen LogP contribution >= 0.6 is 0 Å². The number of aromatic amines is 1. The lowest BCUT2D eigenvalue weighted by Crippen LogP contribution is -2.42. The van der Waals surface area contributed by atoms with E-state index in [4.69, 9.17) is 61.1 Å². The van der Waals surface area contributed by atoms with Crippen molar-refractivity contribution in [3.8, 4) is 137 Å². The second kappa shape index (κ2) is 39.8. The van der Waals surface area contributed by atoms with Gasteiger partial charge in [0.05, 0.1) is 84.5 Å². The van der Waals surface area contributed by atoms with Crippen LogP contribution in [0.15, 0.2) is 170 Å². The SMILES string of the molecule is CCOc1ccc(-c2nc(-c3ccc(CO)nc3)no2)cc1OCC.CCOc1ccc(-c2nc(-c3cccc4[nH]cc(CNC(C)(C)CO)c34)no2)cc1OCC.CCOc1ccc(-c2nc(-c3cccc4c3CCC4NC(C)CO)no2)cc1OCC.CCOc1ccc(-c2nc(-c3cccc4c3CCC4O)no2)cc1OCC. The summed E-state index contributed by atoms with van der Waals surface area (Å²) in [4.78, 5) is 25.8. The molecule has 6 heterocycles. The molecule has 0 fully saturated rings. The van der Waals surface area contributed by atoms with Gasteiger partial charge in [0.25, 0.3) is 23.6 Å². The number of benzene rings is 7. The average molecular weight is 1580 g/mol. The van der Waals surface area contributed by atoms with E-state index < -0.39 is 6.10 Å². The molecule has 7 aromatic carbocycles. The molecule has 0 radical (unpaired) electrons. The van der Waals surface area contributed by atoms with E-state index in [0.717, 1.165) is 92.2 Å². The monoisotopic (exact) mass is 1580 g/mol. The predicted molar refractivity (Wildman–Crippen MR) is 438 cm³/mol. The van der Waals surface area contributed by atoms with E-state index in [-0.39, 0.29) is 37.4 Å². The molecule has 0 amide bonds. The van der Waals surface area contributed by atoms with Gasteiger partial charge in [0.1, 0.15) is 0 Å².